The molecule has 3 heterocycles. The predicted molar refractivity (Wildman–Crippen MR) is 84.9 cm³/mol. The number of nitrogens with one attached hydrogen (secondary N) is 1. The molecule has 0 atom stereocenters. The molecule has 0 saturated heterocycles. The Bertz CT molecular complexity index is 1020. The average Bonchev–Trinajstić information content (AvgIpc) is 3.20. The minimum Gasteiger partial charge on any atom is -0.436 e. The molecule has 0 amide bonds. The van der Waals surface area contributed by atoms with E-state index in [2.05, 4.69) is 20.2 Å². The highest BCUT2D eigenvalue weighted by Crippen LogP contribution is 2.29. The number of aryl methyl sites for hydroxylation is 1. The van der Waals surface area contributed by atoms with Crippen LogP contribution in [0.15, 0.2) is 47.1 Å². The number of rotatable bonds is 3. The van der Waals surface area contributed by atoms with Crippen LogP contribution in [-0.4, -0.2) is 26.5 Å². The van der Waals surface area contributed by atoms with Gasteiger partial charge in [0.25, 0.3) is 0 Å². The third kappa shape index (κ3) is 2.30. The minimum absolute atomic E-state index is 0.347. The average molecular weight is 304 g/mol. The fraction of sp³-hybridized carbons (Fsp3) is 0.0588. The molecule has 3 aromatic heterocycles. The summed E-state index contributed by atoms with van der Waals surface area (Å²) in [6.45, 7) is 1.97. The molecule has 6 nitrogen and oxygen atoms in total. The first-order chi connectivity index (χ1) is 11.2. The molecule has 0 aliphatic carbocycles. The number of pyridine rings is 1. The molecule has 4 rings (SSSR count). The first-order valence-corrected chi connectivity index (χ1v) is 7.07. The number of oxazole rings is 1. The standard InChI is InChI=1S/C17H12N4O2/c1-10-14(8-19-21-10)11-2-3-16-15(7-11)20-17(23-16)12-4-5-18-13(6-12)9-22/h2-9H,1H3,(H,19,21). The molecule has 0 bridgehead atoms. The maximum atomic E-state index is 10.8. The van der Waals surface area contributed by atoms with Crippen molar-refractivity contribution in [2.24, 2.45) is 0 Å². The van der Waals surface area contributed by atoms with Crippen LogP contribution in [0.4, 0.5) is 0 Å². The minimum atomic E-state index is 0.347. The van der Waals surface area contributed by atoms with Crippen molar-refractivity contribution in [3.05, 3.63) is 54.1 Å². The van der Waals surface area contributed by atoms with Gasteiger partial charge in [0.05, 0.1) is 6.20 Å². The quantitative estimate of drug-likeness (QED) is 0.586. The van der Waals surface area contributed by atoms with Crippen LogP contribution in [0.25, 0.3) is 33.7 Å². The molecule has 6 heteroatoms. The molecule has 0 spiro atoms. The number of benzene rings is 1. The molecular formula is C17H12N4O2. The van der Waals surface area contributed by atoms with Crippen LogP contribution in [0.1, 0.15) is 16.2 Å². The Labute approximate surface area is 131 Å². The summed E-state index contributed by atoms with van der Waals surface area (Å²) in [6.07, 6.45) is 4.05. The van der Waals surface area contributed by atoms with Gasteiger partial charge in [-0.25, -0.2) is 4.98 Å². The van der Waals surface area contributed by atoms with Gasteiger partial charge in [-0.3, -0.25) is 14.9 Å². The van der Waals surface area contributed by atoms with E-state index in [1.165, 1.54) is 0 Å². The number of nitrogens with zero attached hydrogens (tertiary/aromatic N) is 3. The highest BCUT2D eigenvalue weighted by molar-refractivity contribution is 5.83. The normalized spacial score (nSPS) is 11.0. The van der Waals surface area contributed by atoms with Crippen LogP contribution >= 0.6 is 0 Å². The molecule has 0 radical (unpaired) electrons. The number of carbonyl (C=O) groups is 1. The van der Waals surface area contributed by atoms with Crippen molar-refractivity contribution in [2.45, 2.75) is 6.92 Å². The second-order valence-corrected chi connectivity index (χ2v) is 5.20. The molecule has 0 aliphatic heterocycles. The van der Waals surface area contributed by atoms with Crippen LogP contribution in [0.3, 0.4) is 0 Å². The first kappa shape index (κ1) is 13.4. The maximum absolute atomic E-state index is 10.8. The summed E-state index contributed by atoms with van der Waals surface area (Å²) in [5.41, 5.74) is 5.56. The molecule has 0 fully saturated rings. The highest BCUT2D eigenvalue weighted by Gasteiger charge is 2.11. The van der Waals surface area contributed by atoms with Crippen molar-refractivity contribution < 1.29 is 9.21 Å². The van der Waals surface area contributed by atoms with Gasteiger partial charge in [0.15, 0.2) is 11.9 Å². The molecule has 0 unspecified atom stereocenters. The predicted octanol–water partition coefficient (Wildman–Crippen LogP) is 3.40. The lowest BCUT2D eigenvalue weighted by molar-refractivity contribution is 0.111. The van der Waals surface area contributed by atoms with E-state index in [0.717, 1.165) is 27.9 Å². The van der Waals surface area contributed by atoms with Crippen LogP contribution < -0.4 is 0 Å². The van der Waals surface area contributed by atoms with Gasteiger partial charge < -0.3 is 4.42 Å². The highest BCUT2D eigenvalue weighted by atomic mass is 16.3. The van der Waals surface area contributed by atoms with E-state index in [-0.39, 0.29) is 0 Å². The largest absolute Gasteiger partial charge is 0.436 e. The van der Waals surface area contributed by atoms with Crippen molar-refractivity contribution in [2.75, 3.05) is 0 Å². The van der Waals surface area contributed by atoms with Gasteiger partial charge in [0, 0.05) is 23.0 Å². The van der Waals surface area contributed by atoms with Crippen molar-refractivity contribution in [1.29, 1.82) is 0 Å². The summed E-state index contributed by atoms with van der Waals surface area (Å²) >= 11 is 0. The summed E-state index contributed by atoms with van der Waals surface area (Å²) in [5, 5.41) is 6.97. The Morgan fingerprint density at radius 1 is 1.17 bits per heavy atom. The van der Waals surface area contributed by atoms with Crippen molar-refractivity contribution >= 4 is 17.4 Å². The van der Waals surface area contributed by atoms with E-state index >= 15 is 0 Å². The Kier molecular flexibility index (Phi) is 3.01. The van der Waals surface area contributed by atoms with Gasteiger partial charge in [-0.05, 0) is 36.8 Å². The van der Waals surface area contributed by atoms with E-state index < -0.39 is 0 Å². The molecular weight excluding hydrogens is 292 g/mol. The molecule has 23 heavy (non-hydrogen) atoms. The van der Waals surface area contributed by atoms with Crippen molar-refractivity contribution in [1.82, 2.24) is 20.2 Å². The number of hydrogen-bond acceptors (Lipinski definition) is 5. The number of aromatic nitrogens is 4. The summed E-state index contributed by atoms with van der Waals surface area (Å²) in [6, 6.07) is 9.23. The number of carbonyl (C=O) groups excluding carboxylic acids is 1. The van der Waals surface area contributed by atoms with Gasteiger partial charge in [0.2, 0.25) is 5.89 Å². The van der Waals surface area contributed by atoms with Crippen LogP contribution in [0.2, 0.25) is 0 Å². The summed E-state index contributed by atoms with van der Waals surface area (Å²) in [4.78, 5) is 19.3. The van der Waals surface area contributed by atoms with Gasteiger partial charge in [-0.2, -0.15) is 5.10 Å². The zero-order valence-corrected chi connectivity index (χ0v) is 12.3. The Morgan fingerprint density at radius 2 is 2.09 bits per heavy atom. The second kappa shape index (κ2) is 5.17. The smallest absolute Gasteiger partial charge is 0.227 e. The van der Waals surface area contributed by atoms with E-state index in [9.17, 15) is 4.79 Å². The van der Waals surface area contributed by atoms with E-state index in [1.807, 2.05) is 25.1 Å². The fourth-order valence-electron chi connectivity index (χ4n) is 2.51. The second-order valence-electron chi connectivity index (χ2n) is 5.20. The SMILES string of the molecule is Cc1[nH]ncc1-c1ccc2oc(-c3ccnc(C=O)c3)nc2c1. The van der Waals surface area contributed by atoms with Crippen molar-refractivity contribution in [3.63, 3.8) is 0 Å². The molecule has 0 saturated carbocycles. The Hall–Kier alpha value is -3.28. The molecule has 4 aromatic rings. The zero-order chi connectivity index (χ0) is 15.8. The Morgan fingerprint density at radius 3 is 2.87 bits per heavy atom. The number of hydrogen-bond donors (Lipinski definition) is 1. The van der Waals surface area contributed by atoms with E-state index in [0.29, 0.717) is 23.5 Å². The lowest BCUT2D eigenvalue weighted by Crippen LogP contribution is -1.86. The lowest BCUT2D eigenvalue weighted by Gasteiger charge is -1.97. The number of fused-ring (bicyclic) bond motifs is 1. The summed E-state index contributed by atoms with van der Waals surface area (Å²) < 4.78 is 5.78. The van der Waals surface area contributed by atoms with E-state index in [4.69, 9.17) is 4.42 Å². The third-order valence-corrected chi connectivity index (χ3v) is 3.68. The van der Waals surface area contributed by atoms with E-state index in [1.54, 1.807) is 24.5 Å². The number of aromatic amines is 1. The van der Waals surface area contributed by atoms with Gasteiger partial charge >= 0.3 is 0 Å². The molecule has 1 aromatic carbocycles. The fourth-order valence-corrected chi connectivity index (χ4v) is 2.51. The third-order valence-electron chi connectivity index (χ3n) is 3.68. The van der Waals surface area contributed by atoms with Gasteiger partial charge in [0.1, 0.15) is 11.2 Å². The van der Waals surface area contributed by atoms with Gasteiger partial charge in [-0.15, -0.1) is 0 Å². The molecule has 112 valence electrons. The monoisotopic (exact) mass is 304 g/mol. The van der Waals surface area contributed by atoms with Crippen LogP contribution in [-0.2, 0) is 0 Å². The number of H-pyrrole nitrogens is 1. The first-order valence-electron chi connectivity index (χ1n) is 7.07. The topological polar surface area (TPSA) is 84.7 Å². The van der Waals surface area contributed by atoms with Crippen LogP contribution in [0, 0.1) is 6.92 Å². The number of aldehydes is 1. The summed E-state index contributed by atoms with van der Waals surface area (Å²) in [5.74, 6) is 0.464. The zero-order valence-electron chi connectivity index (χ0n) is 12.3. The summed E-state index contributed by atoms with van der Waals surface area (Å²) in [7, 11) is 0. The maximum Gasteiger partial charge on any atom is 0.227 e. The van der Waals surface area contributed by atoms with Gasteiger partial charge in [-0.1, -0.05) is 6.07 Å². The molecule has 0 aliphatic rings. The van der Waals surface area contributed by atoms with Crippen molar-refractivity contribution in [3.8, 4) is 22.6 Å². The lowest BCUT2D eigenvalue weighted by atomic mass is 10.1. The molecule has 1 N–H and O–H groups in total. The van der Waals surface area contributed by atoms with Crippen LogP contribution in [0.5, 0.6) is 0 Å². The Balaban J connectivity index is 1.82.